The number of hydrogen-bond donors (Lipinski definition) is 1. The summed E-state index contributed by atoms with van der Waals surface area (Å²) in [7, 11) is 0. The Morgan fingerprint density at radius 2 is 1.95 bits per heavy atom. The number of imidazole rings is 1. The molecule has 3 heterocycles. The van der Waals surface area contributed by atoms with Crippen molar-refractivity contribution in [1.29, 1.82) is 0 Å². The maximum Gasteiger partial charge on any atom is 0.135 e. The van der Waals surface area contributed by atoms with Crippen LogP contribution in [0.15, 0.2) is 53.3 Å². The van der Waals surface area contributed by atoms with E-state index in [1.807, 2.05) is 43.3 Å². The number of benzene rings is 1. The second kappa shape index (κ2) is 5.00. The molecule has 22 heavy (non-hydrogen) atoms. The zero-order chi connectivity index (χ0) is 15.1. The number of aromatic nitrogens is 3. The van der Waals surface area contributed by atoms with Crippen LogP contribution in [0.5, 0.6) is 0 Å². The van der Waals surface area contributed by atoms with Gasteiger partial charge in [-0.05, 0) is 43.3 Å². The number of halogens is 1. The van der Waals surface area contributed by atoms with Gasteiger partial charge in [0.1, 0.15) is 11.5 Å². The minimum atomic E-state index is 0.605. The van der Waals surface area contributed by atoms with Crippen molar-refractivity contribution in [2.24, 2.45) is 0 Å². The molecule has 0 unspecified atom stereocenters. The summed E-state index contributed by atoms with van der Waals surface area (Å²) in [4.78, 5) is 12.0. The SMILES string of the molecule is Cc1ccc(-c2ccc3[nH]cnc3c2-c2ccc(Cl)cn2)o1. The number of nitrogens with zero attached hydrogens (tertiary/aromatic N) is 2. The van der Waals surface area contributed by atoms with Gasteiger partial charge in [-0.3, -0.25) is 4.98 Å². The third-order valence-corrected chi connectivity index (χ3v) is 3.80. The Hall–Kier alpha value is -2.59. The van der Waals surface area contributed by atoms with Gasteiger partial charge in [-0.15, -0.1) is 0 Å². The normalized spacial score (nSPS) is 11.2. The molecule has 0 saturated heterocycles. The van der Waals surface area contributed by atoms with Gasteiger partial charge in [0.05, 0.1) is 28.1 Å². The van der Waals surface area contributed by atoms with E-state index in [9.17, 15) is 0 Å². The zero-order valence-electron chi connectivity index (χ0n) is 11.8. The molecular formula is C17H12ClN3O. The Morgan fingerprint density at radius 3 is 2.68 bits per heavy atom. The molecule has 1 aromatic carbocycles. The highest BCUT2D eigenvalue weighted by Gasteiger charge is 2.16. The summed E-state index contributed by atoms with van der Waals surface area (Å²) in [6.45, 7) is 1.93. The largest absolute Gasteiger partial charge is 0.461 e. The highest BCUT2D eigenvalue weighted by atomic mass is 35.5. The summed E-state index contributed by atoms with van der Waals surface area (Å²) < 4.78 is 5.79. The van der Waals surface area contributed by atoms with Crippen LogP contribution in [0.3, 0.4) is 0 Å². The second-order valence-electron chi connectivity index (χ2n) is 5.06. The van der Waals surface area contributed by atoms with E-state index in [1.54, 1.807) is 12.5 Å². The van der Waals surface area contributed by atoms with Gasteiger partial charge in [-0.1, -0.05) is 11.6 Å². The Morgan fingerprint density at radius 1 is 1.05 bits per heavy atom. The van der Waals surface area contributed by atoms with Crippen LogP contribution in [0.2, 0.25) is 5.02 Å². The van der Waals surface area contributed by atoms with E-state index >= 15 is 0 Å². The monoisotopic (exact) mass is 309 g/mol. The Kier molecular flexibility index (Phi) is 2.98. The number of aromatic amines is 1. The molecule has 0 saturated carbocycles. The number of pyridine rings is 1. The van der Waals surface area contributed by atoms with E-state index in [4.69, 9.17) is 16.0 Å². The van der Waals surface area contributed by atoms with E-state index in [1.165, 1.54) is 0 Å². The fraction of sp³-hybridized carbons (Fsp3) is 0.0588. The number of furan rings is 1. The number of fused-ring (bicyclic) bond motifs is 1. The number of hydrogen-bond acceptors (Lipinski definition) is 3. The molecule has 0 aliphatic carbocycles. The fourth-order valence-electron chi connectivity index (χ4n) is 2.58. The van der Waals surface area contributed by atoms with Gasteiger partial charge >= 0.3 is 0 Å². The highest BCUT2D eigenvalue weighted by molar-refractivity contribution is 6.30. The minimum absolute atomic E-state index is 0.605. The number of rotatable bonds is 2. The van der Waals surface area contributed by atoms with Crippen molar-refractivity contribution >= 4 is 22.6 Å². The van der Waals surface area contributed by atoms with Gasteiger partial charge < -0.3 is 9.40 Å². The van der Waals surface area contributed by atoms with Gasteiger partial charge in [0.15, 0.2) is 0 Å². The van der Waals surface area contributed by atoms with E-state index in [2.05, 4.69) is 15.0 Å². The maximum absolute atomic E-state index is 5.95. The molecule has 0 aliphatic heterocycles. The van der Waals surface area contributed by atoms with Gasteiger partial charge in [0.2, 0.25) is 0 Å². The summed E-state index contributed by atoms with van der Waals surface area (Å²) in [6, 6.07) is 11.6. The van der Waals surface area contributed by atoms with Crippen molar-refractivity contribution in [1.82, 2.24) is 15.0 Å². The lowest BCUT2D eigenvalue weighted by Crippen LogP contribution is -1.89. The molecule has 0 atom stereocenters. The van der Waals surface area contributed by atoms with Crippen molar-refractivity contribution in [2.45, 2.75) is 6.92 Å². The van der Waals surface area contributed by atoms with Crippen molar-refractivity contribution in [2.75, 3.05) is 0 Å². The lowest BCUT2D eigenvalue weighted by Gasteiger charge is -2.08. The third-order valence-electron chi connectivity index (χ3n) is 3.58. The second-order valence-corrected chi connectivity index (χ2v) is 5.50. The number of nitrogens with one attached hydrogen (secondary N) is 1. The van der Waals surface area contributed by atoms with Crippen LogP contribution in [-0.4, -0.2) is 15.0 Å². The number of aryl methyl sites for hydroxylation is 1. The predicted molar refractivity (Wildman–Crippen MR) is 86.8 cm³/mol. The Balaban J connectivity index is 2.04. The maximum atomic E-state index is 5.95. The lowest BCUT2D eigenvalue weighted by atomic mass is 10.00. The van der Waals surface area contributed by atoms with Crippen LogP contribution in [0.1, 0.15) is 5.76 Å². The first kappa shape index (κ1) is 13.1. The molecule has 4 nitrogen and oxygen atoms in total. The van der Waals surface area contributed by atoms with Crippen molar-refractivity contribution in [3.05, 3.63) is 59.7 Å². The van der Waals surface area contributed by atoms with E-state index in [0.717, 1.165) is 39.4 Å². The van der Waals surface area contributed by atoms with Crippen LogP contribution in [0.25, 0.3) is 33.6 Å². The molecule has 0 spiro atoms. The molecule has 0 aliphatic rings. The average molecular weight is 310 g/mol. The molecule has 0 radical (unpaired) electrons. The minimum Gasteiger partial charge on any atom is -0.461 e. The molecule has 0 amide bonds. The summed E-state index contributed by atoms with van der Waals surface area (Å²) in [5.41, 5.74) is 4.53. The summed E-state index contributed by atoms with van der Waals surface area (Å²) >= 11 is 5.95. The van der Waals surface area contributed by atoms with Gasteiger partial charge in [0.25, 0.3) is 0 Å². The molecule has 5 heteroatoms. The average Bonchev–Trinajstić information content (AvgIpc) is 3.15. The summed E-state index contributed by atoms with van der Waals surface area (Å²) in [6.07, 6.45) is 3.32. The summed E-state index contributed by atoms with van der Waals surface area (Å²) in [5.74, 6) is 1.67. The zero-order valence-corrected chi connectivity index (χ0v) is 12.6. The smallest absolute Gasteiger partial charge is 0.135 e. The standard InChI is InChI=1S/C17H12ClN3O/c1-10-2-7-15(22-10)12-4-6-14-17(21-9-20-14)16(12)13-5-3-11(18)8-19-13/h2-9H,1H3,(H,20,21). The van der Waals surface area contributed by atoms with Crippen LogP contribution >= 0.6 is 11.6 Å². The van der Waals surface area contributed by atoms with Gasteiger partial charge in [-0.2, -0.15) is 0 Å². The van der Waals surface area contributed by atoms with Crippen molar-refractivity contribution in [3.8, 4) is 22.6 Å². The van der Waals surface area contributed by atoms with Gasteiger partial charge in [-0.25, -0.2) is 4.98 Å². The molecule has 108 valence electrons. The first-order chi connectivity index (χ1) is 10.7. The predicted octanol–water partition coefficient (Wildman–Crippen LogP) is 4.85. The molecular weight excluding hydrogens is 298 g/mol. The Labute approximate surface area is 131 Å². The van der Waals surface area contributed by atoms with E-state index in [-0.39, 0.29) is 0 Å². The number of H-pyrrole nitrogens is 1. The van der Waals surface area contributed by atoms with Crippen molar-refractivity contribution < 1.29 is 4.42 Å². The Bertz CT molecular complexity index is 954. The summed E-state index contributed by atoms with van der Waals surface area (Å²) in [5, 5.41) is 0.605. The van der Waals surface area contributed by atoms with Crippen LogP contribution < -0.4 is 0 Å². The van der Waals surface area contributed by atoms with Crippen LogP contribution in [-0.2, 0) is 0 Å². The topological polar surface area (TPSA) is 54.7 Å². The molecule has 3 aromatic heterocycles. The molecule has 0 fully saturated rings. The molecule has 1 N–H and O–H groups in total. The first-order valence-electron chi connectivity index (χ1n) is 6.87. The fourth-order valence-corrected chi connectivity index (χ4v) is 2.69. The molecule has 4 rings (SSSR count). The molecule has 0 bridgehead atoms. The van der Waals surface area contributed by atoms with Crippen molar-refractivity contribution in [3.63, 3.8) is 0 Å². The van der Waals surface area contributed by atoms with E-state index in [0.29, 0.717) is 5.02 Å². The van der Waals surface area contributed by atoms with Crippen LogP contribution in [0.4, 0.5) is 0 Å². The first-order valence-corrected chi connectivity index (χ1v) is 7.25. The quantitative estimate of drug-likeness (QED) is 0.576. The van der Waals surface area contributed by atoms with Crippen LogP contribution in [0, 0.1) is 6.92 Å². The molecule has 4 aromatic rings. The van der Waals surface area contributed by atoms with Gasteiger partial charge in [0, 0.05) is 17.3 Å². The highest BCUT2D eigenvalue weighted by Crippen LogP contribution is 2.36. The third kappa shape index (κ3) is 2.09. The lowest BCUT2D eigenvalue weighted by molar-refractivity contribution is 0.548. The van der Waals surface area contributed by atoms with E-state index < -0.39 is 0 Å².